The van der Waals surface area contributed by atoms with Crippen molar-refractivity contribution >= 4 is 11.7 Å². The van der Waals surface area contributed by atoms with Crippen LogP contribution < -0.4 is 11.3 Å². The molecule has 2 rings (SSSR count). The third kappa shape index (κ3) is 2.52. The number of hydrogen-bond donors (Lipinski definition) is 2. The van der Waals surface area contributed by atoms with Crippen LogP contribution in [0.4, 0.5) is 5.82 Å². The molecular weight excluding hydrogens is 218 g/mol. The van der Waals surface area contributed by atoms with Crippen LogP contribution in [-0.4, -0.2) is 33.6 Å². The van der Waals surface area contributed by atoms with Crippen molar-refractivity contribution in [2.75, 3.05) is 12.0 Å². The standard InChI is InChI=1S/C11H17N5O/c1-8-4-2-3-7-16(8)11(17)9-5-6-10(13-12)15-14-9/h5-6,8H,2-4,7,12H2,1H3,(H,13,15). The van der Waals surface area contributed by atoms with Gasteiger partial charge >= 0.3 is 0 Å². The van der Waals surface area contributed by atoms with E-state index in [-0.39, 0.29) is 11.9 Å². The van der Waals surface area contributed by atoms with Crippen molar-refractivity contribution in [1.82, 2.24) is 15.1 Å². The highest BCUT2D eigenvalue weighted by Crippen LogP contribution is 2.18. The molecule has 0 saturated carbocycles. The number of hydrazine groups is 1. The zero-order valence-corrected chi connectivity index (χ0v) is 9.89. The molecule has 0 bridgehead atoms. The Balaban J connectivity index is 2.12. The van der Waals surface area contributed by atoms with E-state index in [4.69, 9.17) is 5.84 Å². The first-order chi connectivity index (χ1) is 8.22. The molecule has 6 heteroatoms. The normalized spacial score (nSPS) is 20.1. The molecule has 6 nitrogen and oxygen atoms in total. The van der Waals surface area contributed by atoms with E-state index in [2.05, 4.69) is 22.5 Å². The summed E-state index contributed by atoms with van der Waals surface area (Å²) in [5, 5.41) is 7.68. The lowest BCUT2D eigenvalue weighted by atomic mass is 10.0. The molecule has 0 spiro atoms. The number of likely N-dealkylation sites (tertiary alicyclic amines) is 1. The molecule has 92 valence electrons. The van der Waals surface area contributed by atoms with E-state index in [1.165, 1.54) is 6.42 Å². The van der Waals surface area contributed by atoms with Crippen molar-refractivity contribution in [3.8, 4) is 0 Å². The summed E-state index contributed by atoms with van der Waals surface area (Å²) in [7, 11) is 0. The monoisotopic (exact) mass is 235 g/mol. The molecule has 0 radical (unpaired) electrons. The van der Waals surface area contributed by atoms with Crippen LogP contribution in [0.15, 0.2) is 12.1 Å². The van der Waals surface area contributed by atoms with Gasteiger partial charge < -0.3 is 10.3 Å². The molecule has 1 aromatic heterocycles. The first-order valence-electron chi connectivity index (χ1n) is 5.83. The van der Waals surface area contributed by atoms with Crippen molar-refractivity contribution in [3.63, 3.8) is 0 Å². The van der Waals surface area contributed by atoms with Gasteiger partial charge in [0.25, 0.3) is 5.91 Å². The van der Waals surface area contributed by atoms with Gasteiger partial charge in [-0.25, -0.2) is 5.84 Å². The second-order valence-electron chi connectivity index (χ2n) is 4.29. The number of carbonyl (C=O) groups excluding carboxylic acids is 1. The highest BCUT2D eigenvalue weighted by atomic mass is 16.2. The molecule has 1 saturated heterocycles. The van der Waals surface area contributed by atoms with Crippen molar-refractivity contribution in [1.29, 1.82) is 0 Å². The van der Waals surface area contributed by atoms with Gasteiger partial charge in [0.15, 0.2) is 11.5 Å². The minimum Gasteiger partial charge on any atom is -0.335 e. The van der Waals surface area contributed by atoms with E-state index in [0.717, 1.165) is 19.4 Å². The first-order valence-corrected chi connectivity index (χ1v) is 5.83. The summed E-state index contributed by atoms with van der Waals surface area (Å²) in [6, 6.07) is 3.58. The van der Waals surface area contributed by atoms with Crippen molar-refractivity contribution < 1.29 is 4.79 Å². The molecule has 1 aliphatic rings. The molecule has 17 heavy (non-hydrogen) atoms. The Morgan fingerprint density at radius 1 is 1.47 bits per heavy atom. The predicted molar refractivity (Wildman–Crippen MR) is 64.2 cm³/mol. The Labute approximate surface area is 100 Å². The van der Waals surface area contributed by atoms with E-state index in [1.807, 2.05) is 4.90 Å². The van der Waals surface area contributed by atoms with E-state index in [1.54, 1.807) is 12.1 Å². The Bertz CT molecular complexity index is 391. The lowest BCUT2D eigenvalue weighted by Gasteiger charge is -2.33. The molecule has 2 heterocycles. The number of amides is 1. The molecule has 1 atom stereocenters. The van der Waals surface area contributed by atoms with Crippen LogP contribution in [-0.2, 0) is 0 Å². The minimum absolute atomic E-state index is 0.0479. The summed E-state index contributed by atoms with van der Waals surface area (Å²) in [6.45, 7) is 2.87. The van der Waals surface area contributed by atoms with Crippen LogP contribution in [0.25, 0.3) is 0 Å². The summed E-state index contributed by atoms with van der Waals surface area (Å²) in [5.74, 6) is 5.60. The number of hydrogen-bond acceptors (Lipinski definition) is 5. The van der Waals surface area contributed by atoms with Crippen LogP contribution >= 0.6 is 0 Å². The lowest BCUT2D eigenvalue weighted by Crippen LogP contribution is -2.42. The minimum atomic E-state index is -0.0479. The number of piperidine rings is 1. The van der Waals surface area contributed by atoms with Crippen LogP contribution in [0.1, 0.15) is 36.7 Å². The molecule has 1 aliphatic heterocycles. The van der Waals surface area contributed by atoms with E-state index < -0.39 is 0 Å². The van der Waals surface area contributed by atoms with Crippen LogP contribution in [0.5, 0.6) is 0 Å². The Morgan fingerprint density at radius 3 is 2.88 bits per heavy atom. The van der Waals surface area contributed by atoms with Gasteiger partial charge in [-0.3, -0.25) is 4.79 Å². The Morgan fingerprint density at radius 2 is 2.29 bits per heavy atom. The predicted octanol–water partition coefficient (Wildman–Crippen LogP) is 0.777. The molecule has 1 aromatic rings. The number of carbonyl (C=O) groups is 1. The summed E-state index contributed by atoms with van der Waals surface area (Å²) in [5.41, 5.74) is 2.76. The zero-order valence-electron chi connectivity index (χ0n) is 9.89. The fourth-order valence-corrected chi connectivity index (χ4v) is 2.07. The fraction of sp³-hybridized carbons (Fsp3) is 0.545. The molecular formula is C11H17N5O. The molecule has 1 amide bonds. The number of nitrogen functional groups attached to an aromatic ring is 1. The van der Waals surface area contributed by atoms with Crippen molar-refractivity contribution in [2.24, 2.45) is 5.84 Å². The highest BCUT2D eigenvalue weighted by Gasteiger charge is 2.25. The number of nitrogens with two attached hydrogens (primary N) is 1. The maximum Gasteiger partial charge on any atom is 0.274 e. The number of nitrogens with one attached hydrogen (secondary N) is 1. The lowest BCUT2D eigenvalue weighted by molar-refractivity contribution is 0.0628. The second-order valence-corrected chi connectivity index (χ2v) is 4.29. The quantitative estimate of drug-likeness (QED) is 0.584. The number of aromatic nitrogens is 2. The van der Waals surface area contributed by atoms with Gasteiger partial charge in [-0.2, -0.15) is 0 Å². The van der Waals surface area contributed by atoms with E-state index in [9.17, 15) is 4.79 Å². The largest absolute Gasteiger partial charge is 0.335 e. The summed E-state index contributed by atoms with van der Waals surface area (Å²) < 4.78 is 0. The number of anilines is 1. The van der Waals surface area contributed by atoms with Gasteiger partial charge in [-0.15, -0.1) is 10.2 Å². The van der Waals surface area contributed by atoms with Gasteiger partial charge in [0.1, 0.15) is 0 Å². The van der Waals surface area contributed by atoms with Gasteiger partial charge in [0, 0.05) is 12.6 Å². The highest BCUT2D eigenvalue weighted by molar-refractivity contribution is 5.92. The zero-order chi connectivity index (χ0) is 12.3. The second kappa shape index (κ2) is 5.09. The van der Waals surface area contributed by atoms with Gasteiger partial charge in [0.2, 0.25) is 0 Å². The fourth-order valence-electron chi connectivity index (χ4n) is 2.07. The SMILES string of the molecule is CC1CCCCN1C(=O)c1ccc(NN)nn1. The number of rotatable bonds is 2. The third-order valence-electron chi connectivity index (χ3n) is 3.10. The maximum atomic E-state index is 12.2. The first kappa shape index (κ1) is 11.8. The Hall–Kier alpha value is -1.69. The summed E-state index contributed by atoms with van der Waals surface area (Å²) >= 11 is 0. The van der Waals surface area contributed by atoms with Crippen molar-refractivity contribution in [3.05, 3.63) is 17.8 Å². The van der Waals surface area contributed by atoms with E-state index >= 15 is 0 Å². The molecule has 3 N–H and O–H groups in total. The Kier molecular flexibility index (Phi) is 3.53. The van der Waals surface area contributed by atoms with Crippen LogP contribution in [0.2, 0.25) is 0 Å². The topological polar surface area (TPSA) is 84.1 Å². The van der Waals surface area contributed by atoms with Crippen LogP contribution in [0.3, 0.4) is 0 Å². The summed E-state index contributed by atoms with van der Waals surface area (Å²) in [6.07, 6.45) is 3.31. The van der Waals surface area contributed by atoms with E-state index in [0.29, 0.717) is 11.5 Å². The molecule has 0 aliphatic carbocycles. The van der Waals surface area contributed by atoms with Gasteiger partial charge in [-0.1, -0.05) is 0 Å². The molecule has 0 aromatic carbocycles. The van der Waals surface area contributed by atoms with Gasteiger partial charge in [0.05, 0.1) is 0 Å². The van der Waals surface area contributed by atoms with Crippen molar-refractivity contribution in [2.45, 2.75) is 32.2 Å². The molecule has 1 fully saturated rings. The van der Waals surface area contributed by atoms with Crippen LogP contribution in [0, 0.1) is 0 Å². The summed E-state index contributed by atoms with van der Waals surface area (Å²) in [4.78, 5) is 14.0. The third-order valence-corrected chi connectivity index (χ3v) is 3.10. The number of nitrogens with zero attached hydrogens (tertiary/aromatic N) is 3. The maximum absolute atomic E-state index is 12.2. The average Bonchev–Trinajstić information content (AvgIpc) is 2.39. The smallest absolute Gasteiger partial charge is 0.274 e. The molecule has 1 unspecified atom stereocenters. The average molecular weight is 235 g/mol. The van der Waals surface area contributed by atoms with Gasteiger partial charge in [-0.05, 0) is 38.3 Å².